The summed E-state index contributed by atoms with van der Waals surface area (Å²) in [5.41, 5.74) is -0.400. The van der Waals surface area contributed by atoms with Gasteiger partial charge in [-0.05, 0) is 19.4 Å². The second-order valence-electron chi connectivity index (χ2n) is 4.03. The molecule has 0 spiro atoms. The monoisotopic (exact) mass is 206 g/mol. The Labute approximate surface area is 89.0 Å². The zero-order chi connectivity index (χ0) is 11.1. The number of ether oxygens (including phenoxy) is 2. The fourth-order valence-corrected chi connectivity index (χ4v) is 1.90. The number of hydrogen-bond acceptors (Lipinski definition) is 3. The van der Waals surface area contributed by atoms with E-state index < -0.39 is 11.2 Å². The van der Waals surface area contributed by atoms with Crippen molar-refractivity contribution in [2.45, 2.75) is 25.0 Å². The van der Waals surface area contributed by atoms with Gasteiger partial charge < -0.3 is 9.47 Å². The molecule has 3 nitrogen and oxygen atoms in total. The zero-order valence-electron chi connectivity index (χ0n) is 9.11. The largest absolute Gasteiger partial charge is 0.467 e. The molecular formula is C12H14O3. The number of esters is 1. The highest BCUT2D eigenvalue weighted by Crippen LogP contribution is 2.55. The Kier molecular flexibility index (Phi) is 2.08. The maximum atomic E-state index is 11.5. The van der Waals surface area contributed by atoms with Crippen molar-refractivity contribution in [3.05, 3.63) is 35.9 Å². The average Bonchev–Trinajstić information content (AvgIpc) is 2.85. The van der Waals surface area contributed by atoms with Crippen LogP contribution in [-0.2, 0) is 19.9 Å². The fourth-order valence-electron chi connectivity index (χ4n) is 1.90. The van der Waals surface area contributed by atoms with E-state index in [1.165, 1.54) is 7.11 Å². The maximum absolute atomic E-state index is 11.5. The summed E-state index contributed by atoms with van der Waals surface area (Å²) in [6.45, 7) is 3.66. The van der Waals surface area contributed by atoms with E-state index in [0.717, 1.165) is 5.56 Å². The van der Waals surface area contributed by atoms with Crippen LogP contribution >= 0.6 is 0 Å². The molecule has 1 aromatic rings. The average molecular weight is 206 g/mol. The first-order valence-electron chi connectivity index (χ1n) is 4.89. The van der Waals surface area contributed by atoms with Gasteiger partial charge in [-0.1, -0.05) is 30.3 Å². The third-order valence-corrected chi connectivity index (χ3v) is 3.18. The lowest BCUT2D eigenvalue weighted by Gasteiger charge is -2.10. The van der Waals surface area contributed by atoms with Crippen molar-refractivity contribution in [3.63, 3.8) is 0 Å². The van der Waals surface area contributed by atoms with Gasteiger partial charge in [-0.25, -0.2) is 4.79 Å². The summed E-state index contributed by atoms with van der Waals surface area (Å²) in [6.07, 6.45) is 0. The van der Waals surface area contributed by atoms with E-state index in [-0.39, 0.29) is 5.97 Å². The highest BCUT2D eigenvalue weighted by Gasteiger charge is 2.70. The third kappa shape index (κ3) is 1.27. The van der Waals surface area contributed by atoms with Gasteiger partial charge in [-0.15, -0.1) is 0 Å². The Morgan fingerprint density at radius 2 is 1.87 bits per heavy atom. The quantitative estimate of drug-likeness (QED) is 0.547. The summed E-state index contributed by atoms with van der Waals surface area (Å²) >= 11 is 0. The second kappa shape index (κ2) is 3.07. The highest BCUT2D eigenvalue weighted by molar-refractivity contribution is 5.84. The molecule has 80 valence electrons. The molecule has 0 aromatic heterocycles. The van der Waals surface area contributed by atoms with Crippen LogP contribution in [-0.4, -0.2) is 18.7 Å². The van der Waals surface area contributed by atoms with Crippen molar-refractivity contribution >= 4 is 5.97 Å². The predicted octanol–water partition coefficient (Wildman–Crippen LogP) is 1.86. The Bertz CT molecular complexity index is 387. The molecule has 0 radical (unpaired) electrons. The molecule has 1 fully saturated rings. The topological polar surface area (TPSA) is 38.8 Å². The molecule has 0 bridgehead atoms. The molecule has 2 atom stereocenters. The van der Waals surface area contributed by atoms with Crippen molar-refractivity contribution < 1.29 is 14.3 Å². The number of epoxide rings is 1. The van der Waals surface area contributed by atoms with Crippen molar-refractivity contribution in [3.8, 4) is 0 Å². The van der Waals surface area contributed by atoms with Crippen LogP contribution in [0.25, 0.3) is 0 Å². The molecule has 3 heteroatoms. The molecular weight excluding hydrogens is 192 g/mol. The fraction of sp³-hybridized carbons (Fsp3) is 0.417. The van der Waals surface area contributed by atoms with Gasteiger partial charge in [0, 0.05) is 0 Å². The first-order valence-corrected chi connectivity index (χ1v) is 4.89. The molecule has 0 N–H and O–H groups in total. The lowest BCUT2D eigenvalue weighted by atomic mass is 9.89. The second-order valence-corrected chi connectivity index (χ2v) is 4.03. The number of methoxy groups -OCH3 is 1. The first-order chi connectivity index (χ1) is 7.04. The van der Waals surface area contributed by atoms with Gasteiger partial charge in [0.15, 0.2) is 5.60 Å². The Morgan fingerprint density at radius 3 is 2.40 bits per heavy atom. The van der Waals surface area contributed by atoms with E-state index >= 15 is 0 Å². The number of rotatable bonds is 2. The van der Waals surface area contributed by atoms with Crippen LogP contribution in [0, 0.1) is 0 Å². The van der Waals surface area contributed by atoms with E-state index in [0.29, 0.717) is 0 Å². The molecule has 1 aliphatic rings. The van der Waals surface area contributed by atoms with Gasteiger partial charge in [-0.2, -0.15) is 0 Å². The van der Waals surface area contributed by atoms with Crippen LogP contribution in [0.5, 0.6) is 0 Å². The summed E-state index contributed by atoms with van der Waals surface area (Å²) in [4.78, 5) is 11.5. The zero-order valence-corrected chi connectivity index (χ0v) is 9.11. The minimum atomic E-state index is -0.844. The lowest BCUT2D eigenvalue weighted by molar-refractivity contribution is -0.146. The van der Waals surface area contributed by atoms with Crippen LogP contribution in [0.15, 0.2) is 30.3 Å². The van der Waals surface area contributed by atoms with Crippen molar-refractivity contribution in [2.24, 2.45) is 0 Å². The van der Waals surface area contributed by atoms with E-state index in [1.54, 1.807) is 6.92 Å². The van der Waals surface area contributed by atoms with Crippen LogP contribution < -0.4 is 0 Å². The van der Waals surface area contributed by atoms with E-state index in [4.69, 9.17) is 9.47 Å². The van der Waals surface area contributed by atoms with Gasteiger partial charge >= 0.3 is 5.97 Å². The lowest BCUT2D eigenvalue weighted by Crippen LogP contribution is -2.29. The predicted molar refractivity (Wildman–Crippen MR) is 55.3 cm³/mol. The van der Waals surface area contributed by atoms with Gasteiger partial charge in [0.2, 0.25) is 0 Å². The summed E-state index contributed by atoms with van der Waals surface area (Å²) in [7, 11) is 1.38. The van der Waals surface area contributed by atoms with E-state index in [1.807, 2.05) is 37.3 Å². The summed E-state index contributed by atoms with van der Waals surface area (Å²) in [5, 5.41) is 0. The Morgan fingerprint density at radius 1 is 1.27 bits per heavy atom. The Hall–Kier alpha value is -1.35. The number of carbonyl (C=O) groups is 1. The smallest absolute Gasteiger partial charge is 0.341 e. The summed E-state index contributed by atoms with van der Waals surface area (Å²) < 4.78 is 10.3. The molecule has 0 unspecified atom stereocenters. The molecule has 15 heavy (non-hydrogen) atoms. The molecule has 1 aliphatic heterocycles. The van der Waals surface area contributed by atoms with Gasteiger partial charge in [0.05, 0.1) is 7.11 Å². The first kappa shape index (κ1) is 10.2. The van der Waals surface area contributed by atoms with Crippen LogP contribution in [0.3, 0.4) is 0 Å². The van der Waals surface area contributed by atoms with Crippen molar-refractivity contribution in [1.82, 2.24) is 0 Å². The molecule has 0 amide bonds. The van der Waals surface area contributed by atoms with Gasteiger partial charge in [0.25, 0.3) is 0 Å². The van der Waals surface area contributed by atoms with Crippen molar-refractivity contribution in [1.29, 1.82) is 0 Å². The van der Waals surface area contributed by atoms with Crippen LogP contribution in [0.4, 0.5) is 0 Å². The highest BCUT2D eigenvalue weighted by atomic mass is 16.7. The molecule has 2 rings (SSSR count). The summed E-state index contributed by atoms with van der Waals surface area (Å²) in [5.74, 6) is -0.325. The Balaban J connectivity index is 2.31. The van der Waals surface area contributed by atoms with E-state index in [9.17, 15) is 4.79 Å². The summed E-state index contributed by atoms with van der Waals surface area (Å²) in [6, 6.07) is 9.70. The molecule has 1 aromatic carbocycles. The van der Waals surface area contributed by atoms with Crippen LogP contribution in [0.2, 0.25) is 0 Å². The number of carbonyl (C=O) groups excluding carboxylic acids is 1. The minimum Gasteiger partial charge on any atom is -0.467 e. The SMILES string of the molecule is COC(=O)[C@@]1(C)O[C@]1(C)c1ccccc1. The molecule has 1 heterocycles. The minimum absolute atomic E-state index is 0.325. The third-order valence-electron chi connectivity index (χ3n) is 3.18. The maximum Gasteiger partial charge on any atom is 0.341 e. The van der Waals surface area contributed by atoms with Gasteiger partial charge in [-0.3, -0.25) is 0 Å². The molecule has 0 aliphatic carbocycles. The molecule has 0 saturated carbocycles. The van der Waals surface area contributed by atoms with Gasteiger partial charge in [0.1, 0.15) is 5.60 Å². The normalized spacial score (nSPS) is 33.5. The van der Waals surface area contributed by atoms with Crippen LogP contribution in [0.1, 0.15) is 19.4 Å². The number of benzene rings is 1. The molecule has 1 saturated heterocycles. The number of hydrogen-bond donors (Lipinski definition) is 0. The standard InChI is InChI=1S/C12H14O3/c1-11(9-7-5-4-6-8-9)12(2,15-11)10(13)14-3/h4-8H,1-3H3/t11-,12-/m1/s1. The van der Waals surface area contributed by atoms with Crippen molar-refractivity contribution in [2.75, 3.05) is 7.11 Å². The van der Waals surface area contributed by atoms with E-state index in [2.05, 4.69) is 0 Å².